The summed E-state index contributed by atoms with van der Waals surface area (Å²) in [7, 11) is 0. The zero-order chi connectivity index (χ0) is 14.7. The fourth-order valence-electron chi connectivity index (χ4n) is 2.14. The fraction of sp³-hybridized carbons (Fsp3) is 0.188. The van der Waals surface area contributed by atoms with E-state index in [9.17, 15) is 0 Å². The standard InChI is InChI=1S/C16H15ClN4/c1-2-12-8-7-11(9-18-12)10-19-15-13-5-3-4-6-14(13)20-16(17)21-15/h3-9H,2,10H2,1H3,(H,19,20,21). The minimum absolute atomic E-state index is 0.246. The average molecular weight is 299 g/mol. The first-order valence-corrected chi connectivity index (χ1v) is 7.24. The van der Waals surface area contributed by atoms with E-state index in [2.05, 4.69) is 33.3 Å². The normalized spacial score (nSPS) is 10.8. The highest BCUT2D eigenvalue weighted by molar-refractivity contribution is 6.28. The maximum Gasteiger partial charge on any atom is 0.224 e. The van der Waals surface area contributed by atoms with E-state index in [1.165, 1.54) is 0 Å². The molecule has 0 saturated carbocycles. The summed E-state index contributed by atoms with van der Waals surface area (Å²) in [6.45, 7) is 2.74. The summed E-state index contributed by atoms with van der Waals surface area (Å²) >= 11 is 5.97. The van der Waals surface area contributed by atoms with E-state index < -0.39 is 0 Å². The monoisotopic (exact) mass is 298 g/mol. The molecule has 2 heterocycles. The molecule has 106 valence electrons. The van der Waals surface area contributed by atoms with Gasteiger partial charge in [-0.25, -0.2) is 9.97 Å². The van der Waals surface area contributed by atoms with Gasteiger partial charge in [0.05, 0.1) is 5.52 Å². The number of rotatable bonds is 4. The van der Waals surface area contributed by atoms with Gasteiger partial charge in [0, 0.05) is 23.8 Å². The highest BCUT2D eigenvalue weighted by atomic mass is 35.5. The lowest BCUT2D eigenvalue weighted by Crippen LogP contribution is -2.04. The van der Waals surface area contributed by atoms with E-state index in [0.29, 0.717) is 6.54 Å². The number of nitrogens with zero attached hydrogens (tertiary/aromatic N) is 3. The van der Waals surface area contributed by atoms with Crippen molar-refractivity contribution in [1.29, 1.82) is 0 Å². The summed E-state index contributed by atoms with van der Waals surface area (Å²) in [6, 6.07) is 11.9. The first-order chi connectivity index (χ1) is 10.3. The molecule has 0 radical (unpaired) electrons. The molecule has 0 aliphatic carbocycles. The van der Waals surface area contributed by atoms with Gasteiger partial charge >= 0.3 is 0 Å². The maximum absolute atomic E-state index is 5.97. The second-order valence-electron chi connectivity index (χ2n) is 4.72. The van der Waals surface area contributed by atoms with E-state index in [-0.39, 0.29) is 5.28 Å². The summed E-state index contributed by atoms with van der Waals surface area (Å²) in [5.74, 6) is 0.741. The van der Waals surface area contributed by atoms with Gasteiger partial charge < -0.3 is 5.32 Å². The number of hydrogen-bond acceptors (Lipinski definition) is 4. The van der Waals surface area contributed by atoms with Gasteiger partial charge in [-0.05, 0) is 41.8 Å². The summed E-state index contributed by atoms with van der Waals surface area (Å²) < 4.78 is 0. The Hall–Kier alpha value is -2.20. The molecule has 0 aliphatic rings. The number of nitrogens with one attached hydrogen (secondary N) is 1. The summed E-state index contributed by atoms with van der Waals surface area (Å²) in [5.41, 5.74) is 3.03. The summed E-state index contributed by atoms with van der Waals surface area (Å²) in [6.07, 6.45) is 2.83. The lowest BCUT2D eigenvalue weighted by Gasteiger charge is -2.09. The second kappa shape index (κ2) is 6.06. The highest BCUT2D eigenvalue weighted by Crippen LogP contribution is 2.22. The van der Waals surface area contributed by atoms with Crippen molar-refractivity contribution in [1.82, 2.24) is 15.0 Å². The van der Waals surface area contributed by atoms with Crippen LogP contribution >= 0.6 is 11.6 Å². The van der Waals surface area contributed by atoms with Crippen molar-refractivity contribution < 1.29 is 0 Å². The van der Waals surface area contributed by atoms with Crippen LogP contribution in [0, 0.1) is 0 Å². The Kier molecular flexibility index (Phi) is 3.97. The molecule has 0 saturated heterocycles. The molecule has 0 amide bonds. The summed E-state index contributed by atoms with van der Waals surface area (Å²) in [5, 5.41) is 4.51. The van der Waals surface area contributed by atoms with Crippen LogP contribution in [-0.2, 0) is 13.0 Å². The topological polar surface area (TPSA) is 50.7 Å². The Morgan fingerprint density at radius 3 is 2.71 bits per heavy atom. The number of pyridine rings is 1. The average Bonchev–Trinajstić information content (AvgIpc) is 2.53. The molecule has 3 aromatic rings. The molecule has 1 N–H and O–H groups in total. The Balaban J connectivity index is 1.84. The molecule has 21 heavy (non-hydrogen) atoms. The number of anilines is 1. The van der Waals surface area contributed by atoms with Crippen LogP contribution < -0.4 is 5.32 Å². The molecule has 0 spiro atoms. The summed E-state index contributed by atoms with van der Waals surface area (Å²) in [4.78, 5) is 12.9. The van der Waals surface area contributed by atoms with Crippen molar-refractivity contribution >= 4 is 28.3 Å². The number of hydrogen-bond donors (Lipinski definition) is 1. The Bertz CT molecular complexity index is 756. The van der Waals surface area contributed by atoms with Crippen molar-refractivity contribution in [2.24, 2.45) is 0 Å². The quantitative estimate of drug-likeness (QED) is 0.743. The van der Waals surface area contributed by atoms with Crippen molar-refractivity contribution in [2.45, 2.75) is 19.9 Å². The number of para-hydroxylation sites is 1. The minimum Gasteiger partial charge on any atom is -0.365 e. The van der Waals surface area contributed by atoms with Crippen molar-refractivity contribution in [3.8, 4) is 0 Å². The van der Waals surface area contributed by atoms with Gasteiger partial charge in [0.1, 0.15) is 5.82 Å². The van der Waals surface area contributed by atoms with Crippen LogP contribution in [0.4, 0.5) is 5.82 Å². The molecule has 3 rings (SSSR count). The third-order valence-electron chi connectivity index (χ3n) is 3.28. The molecule has 0 bridgehead atoms. The smallest absolute Gasteiger partial charge is 0.224 e. The van der Waals surface area contributed by atoms with E-state index in [0.717, 1.165) is 34.4 Å². The van der Waals surface area contributed by atoms with Crippen molar-refractivity contribution in [2.75, 3.05) is 5.32 Å². The van der Waals surface area contributed by atoms with Crippen LogP contribution in [0.3, 0.4) is 0 Å². The predicted octanol–water partition coefficient (Wildman–Crippen LogP) is 3.85. The van der Waals surface area contributed by atoms with Gasteiger partial charge in [0.25, 0.3) is 0 Å². The Morgan fingerprint density at radius 1 is 1.10 bits per heavy atom. The van der Waals surface area contributed by atoms with Crippen molar-refractivity contribution in [3.05, 3.63) is 59.1 Å². The van der Waals surface area contributed by atoms with Gasteiger partial charge in [-0.1, -0.05) is 25.1 Å². The highest BCUT2D eigenvalue weighted by Gasteiger charge is 2.06. The van der Waals surface area contributed by atoms with Gasteiger partial charge in [-0.3, -0.25) is 4.98 Å². The minimum atomic E-state index is 0.246. The van der Waals surface area contributed by atoms with E-state index >= 15 is 0 Å². The number of fused-ring (bicyclic) bond motifs is 1. The molecule has 1 aromatic carbocycles. The van der Waals surface area contributed by atoms with Crippen LogP contribution in [0.1, 0.15) is 18.2 Å². The van der Waals surface area contributed by atoms with Crippen LogP contribution in [0.25, 0.3) is 10.9 Å². The van der Waals surface area contributed by atoms with Gasteiger partial charge in [0.15, 0.2) is 0 Å². The first-order valence-electron chi connectivity index (χ1n) is 6.86. The lowest BCUT2D eigenvalue weighted by atomic mass is 10.2. The van der Waals surface area contributed by atoms with E-state index in [4.69, 9.17) is 11.6 Å². The zero-order valence-electron chi connectivity index (χ0n) is 11.7. The molecule has 0 atom stereocenters. The molecular weight excluding hydrogens is 284 g/mol. The van der Waals surface area contributed by atoms with Gasteiger partial charge in [0.2, 0.25) is 5.28 Å². The number of aryl methyl sites for hydroxylation is 1. The van der Waals surface area contributed by atoms with Gasteiger partial charge in [-0.15, -0.1) is 0 Å². The molecule has 5 heteroatoms. The fourth-order valence-corrected chi connectivity index (χ4v) is 2.31. The number of benzene rings is 1. The predicted molar refractivity (Wildman–Crippen MR) is 85.5 cm³/mol. The number of halogens is 1. The molecule has 0 aliphatic heterocycles. The molecule has 4 nitrogen and oxygen atoms in total. The SMILES string of the molecule is CCc1ccc(CNc2nc(Cl)nc3ccccc23)cn1. The van der Waals surface area contributed by atoms with E-state index in [1.807, 2.05) is 36.5 Å². The lowest BCUT2D eigenvalue weighted by molar-refractivity contribution is 1.00. The molecule has 2 aromatic heterocycles. The molecule has 0 fully saturated rings. The third kappa shape index (κ3) is 3.11. The number of aromatic nitrogens is 3. The van der Waals surface area contributed by atoms with E-state index in [1.54, 1.807) is 0 Å². The molecular formula is C16H15ClN4. The largest absolute Gasteiger partial charge is 0.365 e. The molecule has 0 unspecified atom stereocenters. The first kappa shape index (κ1) is 13.8. The van der Waals surface area contributed by atoms with Gasteiger partial charge in [-0.2, -0.15) is 0 Å². The third-order valence-corrected chi connectivity index (χ3v) is 3.45. The van der Waals surface area contributed by atoms with Crippen LogP contribution in [0.15, 0.2) is 42.6 Å². The Labute approximate surface area is 128 Å². The van der Waals surface area contributed by atoms with Crippen molar-refractivity contribution in [3.63, 3.8) is 0 Å². The van der Waals surface area contributed by atoms with Crippen LogP contribution in [0.2, 0.25) is 5.28 Å². The zero-order valence-corrected chi connectivity index (χ0v) is 12.4. The second-order valence-corrected chi connectivity index (χ2v) is 5.06. The maximum atomic E-state index is 5.97. The van der Waals surface area contributed by atoms with Crippen LogP contribution in [0.5, 0.6) is 0 Å². The van der Waals surface area contributed by atoms with Crippen LogP contribution in [-0.4, -0.2) is 15.0 Å². The Morgan fingerprint density at radius 2 is 1.95 bits per heavy atom.